The van der Waals surface area contributed by atoms with Crippen LogP contribution in [0.3, 0.4) is 0 Å². The summed E-state index contributed by atoms with van der Waals surface area (Å²) in [5.74, 6) is -0.658. The lowest BCUT2D eigenvalue weighted by atomic mass is 9.92. The predicted molar refractivity (Wildman–Crippen MR) is 54.7 cm³/mol. The summed E-state index contributed by atoms with van der Waals surface area (Å²) in [6, 6.07) is 5.19. The van der Waals surface area contributed by atoms with Crippen molar-refractivity contribution in [2.24, 2.45) is 11.8 Å². The first-order valence-electron chi connectivity index (χ1n) is 4.25. The fourth-order valence-corrected chi connectivity index (χ4v) is 1.42. The molecule has 4 heteroatoms. The van der Waals surface area contributed by atoms with Crippen LogP contribution in [0.1, 0.15) is 24.4 Å². The van der Waals surface area contributed by atoms with Crippen LogP contribution < -0.4 is 0 Å². The van der Waals surface area contributed by atoms with Crippen molar-refractivity contribution in [1.82, 2.24) is 0 Å². The van der Waals surface area contributed by atoms with E-state index in [1.165, 1.54) is 0 Å². The molecule has 0 amide bonds. The van der Waals surface area contributed by atoms with E-state index in [2.05, 4.69) is 15.9 Å². The first kappa shape index (κ1) is 11.0. The number of ketones is 1. The van der Waals surface area contributed by atoms with Gasteiger partial charge in [0.05, 0.1) is 6.07 Å². The van der Waals surface area contributed by atoms with Gasteiger partial charge in [0.1, 0.15) is 5.92 Å². The van der Waals surface area contributed by atoms with E-state index < -0.39 is 5.92 Å². The van der Waals surface area contributed by atoms with Crippen LogP contribution in [0.5, 0.6) is 0 Å². The summed E-state index contributed by atoms with van der Waals surface area (Å²) in [5.41, 5.74) is 0. The summed E-state index contributed by atoms with van der Waals surface area (Å²) in [6.45, 7) is 3.67. The van der Waals surface area contributed by atoms with E-state index in [9.17, 15) is 4.79 Å². The van der Waals surface area contributed by atoms with E-state index in [1.807, 2.05) is 19.9 Å². The van der Waals surface area contributed by atoms with Gasteiger partial charge in [0.15, 0.2) is 10.4 Å². The van der Waals surface area contributed by atoms with Crippen LogP contribution in [0.15, 0.2) is 21.2 Å². The molecule has 1 aromatic heterocycles. The van der Waals surface area contributed by atoms with E-state index >= 15 is 0 Å². The van der Waals surface area contributed by atoms with Crippen LogP contribution in [-0.4, -0.2) is 5.78 Å². The monoisotopic (exact) mass is 255 g/mol. The Morgan fingerprint density at radius 1 is 1.57 bits per heavy atom. The summed E-state index contributed by atoms with van der Waals surface area (Å²) in [4.78, 5) is 11.7. The Labute approximate surface area is 90.8 Å². The lowest BCUT2D eigenvalue weighted by Gasteiger charge is -2.08. The smallest absolute Gasteiger partial charge is 0.215 e. The molecule has 0 aliphatic heterocycles. The van der Waals surface area contributed by atoms with Crippen molar-refractivity contribution in [1.29, 1.82) is 5.26 Å². The molecule has 0 fully saturated rings. The zero-order valence-electron chi connectivity index (χ0n) is 7.95. The summed E-state index contributed by atoms with van der Waals surface area (Å²) in [7, 11) is 0. The largest absolute Gasteiger partial charge is 0.446 e. The highest BCUT2D eigenvalue weighted by Gasteiger charge is 2.25. The first-order valence-corrected chi connectivity index (χ1v) is 5.04. The van der Waals surface area contributed by atoms with E-state index in [1.54, 1.807) is 12.1 Å². The van der Waals surface area contributed by atoms with Gasteiger partial charge in [0.25, 0.3) is 0 Å². The second kappa shape index (κ2) is 4.43. The van der Waals surface area contributed by atoms with Crippen molar-refractivity contribution in [2.75, 3.05) is 0 Å². The molecule has 3 nitrogen and oxygen atoms in total. The predicted octanol–water partition coefficient (Wildman–Crippen LogP) is 3.02. The second-order valence-corrected chi connectivity index (χ2v) is 4.10. The summed E-state index contributed by atoms with van der Waals surface area (Å²) in [6.07, 6.45) is 0. The lowest BCUT2D eigenvalue weighted by Crippen LogP contribution is -2.18. The van der Waals surface area contributed by atoms with Gasteiger partial charge < -0.3 is 4.42 Å². The van der Waals surface area contributed by atoms with Gasteiger partial charge in [-0.25, -0.2) is 0 Å². The average Bonchev–Trinajstić information content (AvgIpc) is 2.52. The zero-order valence-corrected chi connectivity index (χ0v) is 9.54. The van der Waals surface area contributed by atoms with Crippen molar-refractivity contribution in [3.8, 4) is 6.07 Å². The van der Waals surface area contributed by atoms with Gasteiger partial charge in [-0.2, -0.15) is 5.26 Å². The number of halogens is 1. The van der Waals surface area contributed by atoms with Crippen molar-refractivity contribution in [3.63, 3.8) is 0 Å². The van der Waals surface area contributed by atoms with Crippen LogP contribution in [0.25, 0.3) is 0 Å². The Morgan fingerprint density at radius 2 is 2.21 bits per heavy atom. The fraction of sp³-hybridized carbons (Fsp3) is 0.400. The fourth-order valence-electron chi connectivity index (χ4n) is 1.11. The minimum Gasteiger partial charge on any atom is -0.446 e. The highest BCUT2D eigenvalue weighted by atomic mass is 79.9. The number of nitriles is 1. The zero-order chi connectivity index (χ0) is 10.7. The Kier molecular flexibility index (Phi) is 3.48. The quantitative estimate of drug-likeness (QED) is 0.781. The summed E-state index contributed by atoms with van der Waals surface area (Å²) in [5, 5.41) is 8.81. The standard InChI is InChI=1S/C10H10BrNO2/c1-6(2)7(5-12)10(13)8-3-4-9(11)14-8/h3-4,6-7H,1-2H3. The number of carbonyl (C=O) groups is 1. The van der Waals surface area contributed by atoms with Crippen LogP contribution in [0, 0.1) is 23.2 Å². The maximum atomic E-state index is 11.7. The molecule has 0 spiro atoms. The van der Waals surface area contributed by atoms with Crippen molar-refractivity contribution in [2.45, 2.75) is 13.8 Å². The number of furan rings is 1. The van der Waals surface area contributed by atoms with Gasteiger partial charge in [-0.1, -0.05) is 13.8 Å². The van der Waals surface area contributed by atoms with Crippen LogP contribution >= 0.6 is 15.9 Å². The lowest BCUT2D eigenvalue weighted by molar-refractivity contribution is 0.0895. The molecule has 0 saturated carbocycles. The molecule has 1 aromatic rings. The van der Waals surface area contributed by atoms with Crippen molar-refractivity contribution >= 4 is 21.7 Å². The first-order chi connectivity index (χ1) is 6.56. The third kappa shape index (κ3) is 2.24. The van der Waals surface area contributed by atoms with Gasteiger partial charge >= 0.3 is 0 Å². The van der Waals surface area contributed by atoms with Gasteiger partial charge in [-0.05, 0) is 34.0 Å². The molecule has 0 aliphatic rings. The molecule has 0 aliphatic carbocycles. The third-order valence-electron chi connectivity index (χ3n) is 1.90. The SMILES string of the molecule is CC(C)C(C#N)C(=O)c1ccc(Br)o1. The van der Waals surface area contributed by atoms with Crippen molar-refractivity contribution < 1.29 is 9.21 Å². The minimum absolute atomic E-state index is 0.00336. The number of hydrogen-bond donors (Lipinski definition) is 0. The van der Waals surface area contributed by atoms with Gasteiger partial charge in [0, 0.05) is 0 Å². The van der Waals surface area contributed by atoms with Gasteiger partial charge in [0.2, 0.25) is 5.78 Å². The molecular weight excluding hydrogens is 246 g/mol. The Bertz CT molecular complexity index is 376. The molecule has 1 atom stereocenters. The highest BCUT2D eigenvalue weighted by molar-refractivity contribution is 9.10. The Hall–Kier alpha value is -1.08. The number of carbonyl (C=O) groups excluding carboxylic acids is 1. The molecule has 1 unspecified atom stereocenters. The van der Waals surface area contributed by atoms with Gasteiger partial charge in [-0.15, -0.1) is 0 Å². The van der Waals surface area contributed by atoms with Crippen molar-refractivity contribution in [3.05, 3.63) is 22.6 Å². The molecule has 0 saturated heterocycles. The van der Waals surface area contributed by atoms with Crippen LogP contribution in [-0.2, 0) is 0 Å². The molecule has 1 heterocycles. The highest BCUT2D eigenvalue weighted by Crippen LogP contribution is 2.20. The minimum atomic E-state index is -0.631. The van der Waals surface area contributed by atoms with E-state index in [-0.39, 0.29) is 17.5 Å². The van der Waals surface area contributed by atoms with E-state index in [4.69, 9.17) is 9.68 Å². The molecule has 1 rings (SSSR count). The molecule has 74 valence electrons. The van der Waals surface area contributed by atoms with E-state index in [0.29, 0.717) is 4.67 Å². The number of nitrogens with zero attached hydrogens (tertiary/aromatic N) is 1. The number of rotatable bonds is 3. The Balaban J connectivity index is 2.90. The van der Waals surface area contributed by atoms with E-state index in [0.717, 1.165) is 0 Å². The molecule has 0 radical (unpaired) electrons. The maximum absolute atomic E-state index is 11.7. The van der Waals surface area contributed by atoms with Crippen LogP contribution in [0.4, 0.5) is 0 Å². The molecule has 0 bridgehead atoms. The molecular formula is C10H10BrNO2. The maximum Gasteiger partial charge on any atom is 0.215 e. The normalized spacial score (nSPS) is 12.5. The summed E-state index contributed by atoms with van der Waals surface area (Å²) < 4.78 is 5.60. The second-order valence-electron chi connectivity index (χ2n) is 3.32. The summed E-state index contributed by atoms with van der Waals surface area (Å²) >= 11 is 3.11. The average molecular weight is 256 g/mol. The third-order valence-corrected chi connectivity index (χ3v) is 2.33. The van der Waals surface area contributed by atoms with Gasteiger partial charge in [-0.3, -0.25) is 4.79 Å². The van der Waals surface area contributed by atoms with Crippen LogP contribution in [0.2, 0.25) is 0 Å². The number of Topliss-reactive ketones (excluding diaryl/α,β-unsaturated/α-hetero) is 1. The molecule has 14 heavy (non-hydrogen) atoms. The Morgan fingerprint density at radius 3 is 2.57 bits per heavy atom. The molecule has 0 aromatic carbocycles. The molecule has 0 N–H and O–H groups in total. The topological polar surface area (TPSA) is 54.0 Å². The number of hydrogen-bond acceptors (Lipinski definition) is 3.